The molecule has 1 heterocycles. The number of carbonyl (C=O) groups excluding carboxylic acids is 1. The van der Waals surface area contributed by atoms with Crippen LogP contribution in [0.5, 0.6) is 5.75 Å². The molecule has 0 aliphatic carbocycles. The number of primary amides is 1. The van der Waals surface area contributed by atoms with Gasteiger partial charge in [-0.2, -0.15) is 0 Å². The van der Waals surface area contributed by atoms with Crippen LogP contribution in [-0.4, -0.2) is 11.9 Å². The molecule has 0 saturated carbocycles. The number of carbonyl (C=O) groups is 1. The fourth-order valence-corrected chi connectivity index (χ4v) is 2.06. The number of nitrogens with one attached hydrogen (secondary N) is 1. The minimum Gasteiger partial charge on any atom is -0.484 e. The Kier molecular flexibility index (Phi) is 5.11. The molecule has 1 aromatic carbocycles. The van der Waals surface area contributed by atoms with Gasteiger partial charge in [0.25, 0.3) is 0 Å². The molecular weight excluding hydrogens is 292 g/mol. The van der Waals surface area contributed by atoms with E-state index in [9.17, 15) is 4.79 Å². The van der Waals surface area contributed by atoms with Gasteiger partial charge in [-0.15, -0.1) is 0 Å². The first-order valence-corrected chi connectivity index (χ1v) is 6.98. The van der Waals surface area contributed by atoms with E-state index < -0.39 is 11.9 Å². The van der Waals surface area contributed by atoms with Crippen molar-refractivity contribution in [3.8, 4) is 5.75 Å². The Morgan fingerprint density at radius 1 is 1.48 bits per heavy atom. The second kappa shape index (κ2) is 7.04. The number of anilines is 1. The second-order valence-corrected chi connectivity index (χ2v) is 4.93. The zero-order chi connectivity index (χ0) is 15.2. The maximum Gasteiger partial charge on any atom is 0.239 e. The van der Waals surface area contributed by atoms with Gasteiger partial charge in [-0.3, -0.25) is 4.79 Å². The molecule has 0 aliphatic rings. The van der Waals surface area contributed by atoms with Crippen LogP contribution >= 0.6 is 11.6 Å². The van der Waals surface area contributed by atoms with Crippen LogP contribution in [0.25, 0.3) is 0 Å². The number of benzene rings is 1. The summed E-state index contributed by atoms with van der Waals surface area (Å²) >= 11 is 6.16. The zero-order valence-corrected chi connectivity index (χ0v) is 12.4. The highest BCUT2D eigenvalue weighted by Crippen LogP contribution is 2.28. The Bertz CT molecular complexity index is 599. The summed E-state index contributed by atoms with van der Waals surface area (Å²) in [6, 6.07) is 8.42. The van der Waals surface area contributed by atoms with Crippen molar-refractivity contribution < 1.29 is 13.9 Å². The van der Waals surface area contributed by atoms with Crippen LogP contribution in [0.1, 0.15) is 19.1 Å². The molecule has 21 heavy (non-hydrogen) atoms. The lowest BCUT2D eigenvalue weighted by molar-refractivity contribution is -0.118. The van der Waals surface area contributed by atoms with Crippen molar-refractivity contribution >= 4 is 23.2 Å². The molecule has 0 aliphatic heterocycles. The van der Waals surface area contributed by atoms with E-state index in [4.69, 9.17) is 26.5 Å². The standard InChI is InChI=1S/C15H17ClN2O3/c1-2-13(15(17)19)18-10-5-6-14(12(16)8-10)21-9-11-4-3-7-20-11/h3-8,13,18H,2,9H2,1H3,(H2,17,19). The maximum atomic E-state index is 11.2. The second-order valence-electron chi connectivity index (χ2n) is 4.52. The lowest BCUT2D eigenvalue weighted by atomic mass is 10.2. The molecule has 0 saturated heterocycles. The summed E-state index contributed by atoms with van der Waals surface area (Å²) in [7, 11) is 0. The quantitative estimate of drug-likeness (QED) is 0.823. The molecule has 3 N–H and O–H groups in total. The molecule has 1 aromatic heterocycles. The topological polar surface area (TPSA) is 77.5 Å². The van der Waals surface area contributed by atoms with Gasteiger partial charge < -0.3 is 20.2 Å². The molecule has 2 aromatic rings. The Balaban J connectivity index is 2.01. The van der Waals surface area contributed by atoms with Crippen molar-refractivity contribution in [3.63, 3.8) is 0 Å². The Labute approximate surface area is 128 Å². The summed E-state index contributed by atoms with van der Waals surface area (Å²) in [5, 5.41) is 3.48. The molecular formula is C15H17ClN2O3. The van der Waals surface area contributed by atoms with Crippen LogP contribution in [0.2, 0.25) is 5.02 Å². The summed E-state index contributed by atoms with van der Waals surface area (Å²) in [5.74, 6) is 0.866. The highest BCUT2D eigenvalue weighted by atomic mass is 35.5. The van der Waals surface area contributed by atoms with Gasteiger partial charge in [0.05, 0.1) is 11.3 Å². The molecule has 1 atom stereocenters. The van der Waals surface area contributed by atoms with Gasteiger partial charge >= 0.3 is 0 Å². The average Bonchev–Trinajstić information content (AvgIpc) is 2.96. The number of hydrogen-bond donors (Lipinski definition) is 2. The summed E-state index contributed by atoms with van der Waals surface area (Å²) < 4.78 is 10.8. The first-order chi connectivity index (χ1) is 10.1. The molecule has 1 unspecified atom stereocenters. The van der Waals surface area contributed by atoms with Crippen LogP contribution < -0.4 is 15.8 Å². The summed E-state index contributed by atoms with van der Waals surface area (Å²) in [6.45, 7) is 2.18. The van der Waals surface area contributed by atoms with Gasteiger partial charge in [0, 0.05) is 5.69 Å². The lowest BCUT2D eigenvalue weighted by Gasteiger charge is -2.15. The number of hydrogen-bond acceptors (Lipinski definition) is 4. The predicted octanol–water partition coefficient (Wildman–Crippen LogP) is 3.19. The summed E-state index contributed by atoms with van der Waals surface area (Å²) in [5.41, 5.74) is 6.01. The number of nitrogens with two attached hydrogens (primary N) is 1. The van der Waals surface area contributed by atoms with Gasteiger partial charge in [0.2, 0.25) is 5.91 Å². The van der Waals surface area contributed by atoms with Crippen LogP contribution in [0, 0.1) is 0 Å². The van der Waals surface area contributed by atoms with E-state index in [0.717, 1.165) is 5.69 Å². The molecule has 0 spiro atoms. The smallest absolute Gasteiger partial charge is 0.239 e. The molecule has 112 valence electrons. The van der Waals surface area contributed by atoms with Gasteiger partial charge in [0.1, 0.15) is 24.2 Å². The van der Waals surface area contributed by atoms with Crippen molar-refractivity contribution in [3.05, 3.63) is 47.4 Å². The Morgan fingerprint density at radius 3 is 2.86 bits per heavy atom. The average molecular weight is 309 g/mol. The highest BCUT2D eigenvalue weighted by molar-refractivity contribution is 6.32. The lowest BCUT2D eigenvalue weighted by Crippen LogP contribution is -2.34. The van der Waals surface area contributed by atoms with Crippen molar-refractivity contribution in [2.45, 2.75) is 26.0 Å². The summed E-state index contributed by atoms with van der Waals surface area (Å²) in [4.78, 5) is 11.2. The van der Waals surface area contributed by atoms with Crippen LogP contribution in [0.3, 0.4) is 0 Å². The zero-order valence-electron chi connectivity index (χ0n) is 11.6. The first kappa shape index (κ1) is 15.3. The third-order valence-corrected chi connectivity index (χ3v) is 3.27. The Morgan fingerprint density at radius 2 is 2.29 bits per heavy atom. The van der Waals surface area contributed by atoms with Gasteiger partial charge in [-0.1, -0.05) is 18.5 Å². The monoisotopic (exact) mass is 308 g/mol. The summed E-state index contributed by atoms with van der Waals surface area (Å²) in [6.07, 6.45) is 2.19. The van der Waals surface area contributed by atoms with Gasteiger partial charge in [0.15, 0.2) is 0 Å². The molecule has 5 nitrogen and oxygen atoms in total. The van der Waals surface area contributed by atoms with Gasteiger partial charge in [-0.25, -0.2) is 0 Å². The van der Waals surface area contributed by atoms with Crippen molar-refractivity contribution in [1.29, 1.82) is 0 Å². The largest absolute Gasteiger partial charge is 0.484 e. The number of halogens is 1. The van der Waals surface area contributed by atoms with E-state index in [0.29, 0.717) is 29.6 Å². The van der Waals surface area contributed by atoms with E-state index in [-0.39, 0.29) is 0 Å². The molecule has 6 heteroatoms. The van der Waals surface area contributed by atoms with E-state index in [1.807, 2.05) is 13.0 Å². The minimum absolute atomic E-state index is 0.304. The molecule has 2 rings (SSSR count). The van der Waals surface area contributed by atoms with E-state index in [1.54, 1.807) is 30.5 Å². The van der Waals surface area contributed by atoms with E-state index >= 15 is 0 Å². The van der Waals surface area contributed by atoms with Gasteiger partial charge in [-0.05, 0) is 36.8 Å². The van der Waals surface area contributed by atoms with Crippen molar-refractivity contribution in [2.75, 3.05) is 5.32 Å². The fraction of sp³-hybridized carbons (Fsp3) is 0.267. The molecule has 0 bridgehead atoms. The van der Waals surface area contributed by atoms with Crippen molar-refractivity contribution in [1.82, 2.24) is 0 Å². The Hall–Kier alpha value is -2.14. The van der Waals surface area contributed by atoms with Crippen LogP contribution in [-0.2, 0) is 11.4 Å². The molecule has 0 radical (unpaired) electrons. The number of ether oxygens (including phenoxy) is 1. The maximum absolute atomic E-state index is 11.2. The highest BCUT2D eigenvalue weighted by Gasteiger charge is 2.13. The SMILES string of the molecule is CCC(Nc1ccc(OCc2ccco2)c(Cl)c1)C(N)=O. The third kappa shape index (κ3) is 4.16. The molecule has 0 fully saturated rings. The first-order valence-electron chi connectivity index (χ1n) is 6.60. The number of furan rings is 1. The predicted molar refractivity (Wildman–Crippen MR) is 81.4 cm³/mol. The normalized spacial score (nSPS) is 11.9. The van der Waals surface area contributed by atoms with Crippen LogP contribution in [0.4, 0.5) is 5.69 Å². The fourth-order valence-electron chi connectivity index (χ4n) is 1.83. The number of amides is 1. The molecule has 1 amide bonds. The van der Waals surface area contributed by atoms with E-state index in [1.165, 1.54) is 0 Å². The third-order valence-electron chi connectivity index (χ3n) is 2.97. The van der Waals surface area contributed by atoms with E-state index in [2.05, 4.69) is 5.32 Å². The van der Waals surface area contributed by atoms with Crippen molar-refractivity contribution in [2.24, 2.45) is 5.73 Å². The van der Waals surface area contributed by atoms with Crippen LogP contribution in [0.15, 0.2) is 41.0 Å². The number of rotatable bonds is 7. The minimum atomic E-state index is -0.420.